The van der Waals surface area contributed by atoms with Gasteiger partial charge in [-0.1, -0.05) is 39.8 Å². The van der Waals surface area contributed by atoms with Gasteiger partial charge in [0, 0.05) is 6.54 Å². The number of aromatic nitrogens is 2. The molecule has 1 aromatic rings. The highest BCUT2D eigenvalue weighted by Crippen LogP contribution is 2.29. The third kappa shape index (κ3) is 6.43. The Kier molecular flexibility index (Phi) is 6.33. The van der Waals surface area contributed by atoms with Crippen molar-refractivity contribution < 1.29 is 4.52 Å². The molecule has 4 nitrogen and oxygen atoms in total. The first-order valence-electron chi connectivity index (χ1n) is 6.92. The van der Waals surface area contributed by atoms with Gasteiger partial charge in [-0.25, -0.2) is 0 Å². The van der Waals surface area contributed by atoms with Gasteiger partial charge < -0.3 is 10.3 Å². The first kappa shape index (κ1) is 16.5. The van der Waals surface area contributed by atoms with Gasteiger partial charge in [-0.05, 0) is 23.5 Å². The van der Waals surface area contributed by atoms with Gasteiger partial charge in [-0.15, -0.1) is 0 Å². The van der Waals surface area contributed by atoms with Gasteiger partial charge in [0.1, 0.15) is 0 Å². The predicted molar refractivity (Wildman–Crippen MR) is 81.2 cm³/mol. The second-order valence-corrected chi connectivity index (χ2v) is 7.69. The summed E-state index contributed by atoms with van der Waals surface area (Å²) in [5.41, 5.74) is 6.04. The number of hydrogen-bond donors (Lipinski definition) is 1. The van der Waals surface area contributed by atoms with Crippen molar-refractivity contribution in [3.05, 3.63) is 11.7 Å². The third-order valence-electron chi connectivity index (χ3n) is 2.66. The number of thioether (sulfide) groups is 1. The Morgan fingerprint density at radius 3 is 2.53 bits per heavy atom. The molecule has 1 unspecified atom stereocenters. The molecule has 0 bridgehead atoms. The van der Waals surface area contributed by atoms with E-state index in [1.807, 2.05) is 11.8 Å². The molecule has 19 heavy (non-hydrogen) atoms. The van der Waals surface area contributed by atoms with E-state index in [1.54, 1.807) is 0 Å². The Labute approximate surface area is 120 Å². The lowest BCUT2D eigenvalue weighted by atomic mass is 9.84. The zero-order chi connectivity index (χ0) is 14.5. The van der Waals surface area contributed by atoms with Gasteiger partial charge in [0.05, 0.1) is 11.7 Å². The van der Waals surface area contributed by atoms with Gasteiger partial charge >= 0.3 is 0 Å². The van der Waals surface area contributed by atoms with Crippen LogP contribution in [0.2, 0.25) is 0 Å². The molecule has 1 atom stereocenters. The van der Waals surface area contributed by atoms with E-state index in [0.717, 1.165) is 23.8 Å². The average molecular weight is 285 g/mol. The highest BCUT2D eigenvalue weighted by Gasteiger charge is 2.23. The summed E-state index contributed by atoms with van der Waals surface area (Å²) in [6.07, 6.45) is 0.963. The molecule has 5 heteroatoms. The fraction of sp³-hybridized carbons (Fsp3) is 0.857. The minimum atomic E-state index is 0.163. The van der Waals surface area contributed by atoms with E-state index >= 15 is 0 Å². The van der Waals surface area contributed by atoms with Crippen LogP contribution in [0.25, 0.3) is 0 Å². The molecule has 0 amide bonds. The topological polar surface area (TPSA) is 64.9 Å². The molecule has 0 spiro atoms. The normalized spacial score (nSPS) is 14.1. The molecule has 110 valence electrons. The SMILES string of the molecule is CC(C)CSCc1noc(C(CN)CC(C)(C)C)n1. The summed E-state index contributed by atoms with van der Waals surface area (Å²) in [4.78, 5) is 4.48. The van der Waals surface area contributed by atoms with Crippen molar-refractivity contribution in [2.45, 2.75) is 52.7 Å². The van der Waals surface area contributed by atoms with Crippen LogP contribution >= 0.6 is 11.8 Å². The van der Waals surface area contributed by atoms with Crippen molar-refractivity contribution in [3.63, 3.8) is 0 Å². The van der Waals surface area contributed by atoms with Gasteiger partial charge in [-0.2, -0.15) is 16.7 Å². The molecular formula is C14H27N3OS. The van der Waals surface area contributed by atoms with Crippen LogP contribution in [0.5, 0.6) is 0 Å². The lowest BCUT2D eigenvalue weighted by molar-refractivity contribution is 0.286. The molecule has 0 aliphatic carbocycles. The highest BCUT2D eigenvalue weighted by molar-refractivity contribution is 7.98. The maximum absolute atomic E-state index is 5.83. The molecule has 2 N–H and O–H groups in total. The van der Waals surface area contributed by atoms with Gasteiger partial charge in [0.15, 0.2) is 5.82 Å². The molecule has 0 saturated heterocycles. The van der Waals surface area contributed by atoms with E-state index in [-0.39, 0.29) is 11.3 Å². The van der Waals surface area contributed by atoms with Crippen molar-refractivity contribution in [2.24, 2.45) is 17.1 Å². The fourth-order valence-electron chi connectivity index (χ4n) is 1.89. The smallest absolute Gasteiger partial charge is 0.231 e. The minimum Gasteiger partial charge on any atom is -0.339 e. The third-order valence-corrected chi connectivity index (χ3v) is 4.02. The summed E-state index contributed by atoms with van der Waals surface area (Å²) in [6, 6.07) is 0. The zero-order valence-corrected chi connectivity index (χ0v) is 13.6. The molecule has 0 radical (unpaired) electrons. The standard InChI is InChI=1S/C14H27N3OS/c1-10(2)8-19-9-12-16-13(18-17-12)11(7-15)6-14(3,4)5/h10-11H,6-9,15H2,1-5H3. The number of nitrogens with two attached hydrogens (primary N) is 1. The Morgan fingerprint density at radius 1 is 1.32 bits per heavy atom. The van der Waals surface area contributed by atoms with E-state index in [4.69, 9.17) is 10.3 Å². The van der Waals surface area contributed by atoms with Crippen molar-refractivity contribution >= 4 is 11.8 Å². The Hall–Kier alpha value is -0.550. The van der Waals surface area contributed by atoms with E-state index in [2.05, 4.69) is 44.8 Å². The molecule has 0 aromatic carbocycles. The number of nitrogens with zero attached hydrogens (tertiary/aromatic N) is 2. The van der Waals surface area contributed by atoms with Gasteiger partial charge in [-0.3, -0.25) is 0 Å². The van der Waals surface area contributed by atoms with E-state index in [0.29, 0.717) is 18.4 Å². The number of rotatable bonds is 7. The van der Waals surface area contributed by atoms with Crippen LogP contribution in [0, 0.1) is 11.3 Å². The summed E-state index contributed by atoms with van der Waals surface area (Å²) in [5, 5.41) is 4.05. The Bertz CT molecular complexity index is 371. The molecule has 0 aliphatic heterocycles. The monoisotopic (exact) mass is 285 g/mol. The fourth-order valence-corrected chi connectivity index (χ4v) is 2.78. The minimum absolute atomic E-state index is 0.163. The molecular weight excluding hydrogens is 258 g/mol. The second-order valence-electron chi connectivity index (χ2n) is 6.66. The van der Waals surface area contributed by atoms with Crippen molar-refractivity contribution in [3.8, 4) is 0 Å². The van der Waals surface area contributed by atoms with E-state index in [1.165, 1.54) is 0 Å². The molecule has 1 rings (SSSR count). The van der Waals surface area contributed by atoms with Crippen LogP contribution in [0.1, 0.15) is 58.7 Å². The van der Waals surface area contributed by atoms with E-state index in [9.17, 15) is 0 Å². The summed E-state index contributed by atoms with van der Waals surface area (Å²) >= 11 is 1.84. The van der Waals surface area contributed by atoms with Crippen LogP contribution < -0.4 is 5.73 Å². The Morgan fingerprint density at radius 2 is 2.00 bits per heavy atom. The van der Waals surface area contributed by atoms with Crippen LogP contribution in [0.15, 0.2) is 4.52 Å². The number of hydrogen-bond acceptors (Lipinski definition) is 5. The largest absolute Gasteiger partial charge is 0.339 e. The zero-order valence-electron chi connectivity index (χ0n) is 12.8. The summed E-state index contributed by atoms with van der Waals surface area (Å²) in [6.45, 7) is 11.6. The van der Waals surface area contributed by atoms with Crippen LogP contribution in [-0.4, -0.2) is 22.4 Å². The highest BCUT2D eigenvalue weighted by atomic mass is 32.2. The van der Waals surface area contributed by atoms with Crippen LogP contribution in [0.3, 0.4) is 0 Å². The summed E-state index contributed by atoms with van der Waals surface area (Å²) in [7, 11) is 0. The van der Waals surface area contributed by atoms with Crippen molar-refractivity contribution in [1.82, 2.24) is 10.1 Å². The quantitative estimate of drug-likeness (QED) is 0.831. The summed E-state index contributed by atoms with van der Waals surface area (Å²) in [5.74, 6) is 4.26. The van der Waals surface area contributed by atoms with Gasteiger partial charge in [0.2, 0.25) is 5.89 Å². The summed E-state index contributed by atoms with van der Waals surface area (Å²) < 4.78 is 5.37. The molecule has 0 saturated carbocycles. The molecule has 0 fully saturated rings. The first-order valence-corrected chi connectivity index (χ1v) is 8.07. The maximum Gasteiger partial charge on any atom is 0.231 e. The van der Waals surface area contributed by atoms with Crippen LogP contribution in [-0.2, 0) is 5.75 Å². The second kappa shape index (κ2) is 7.29. The van der Waals surface area contributed by atoms with Crippen molar-refractivity contribution in [1.29, 1.82) is 0 Å². The lowest BCUT2D eigenvalue weighted by Crippen LogP contribution is -2.19. The maximum atomic E-state index is 5.83. The van der Waals surface area contributed by atoms with Gasteiger partial charge in [0.25, 0.3) is 0 Å². The van der Waals surface area contributed by atoms with E-state index < -0.39 is 0 Å². The van der Waals surface area contributed by atoms with Crippen LogP contribution in [0.4, 0.5) is 0 Å². The molecule has 1 aromatic heterocycles. The first-order chi connectivity index (χ1) is 8.81. The molecule has 1 heterocycles. The predicted octanol–water partition coefficient (Wildman–Crippen LogP) is 3.44. The lowest BCUT2D eigenvalue weighted by Gasteiger charge is -2.22. The Balaban J connectivity index is 2.56. The molecule has 0 aliphatic rings. The van der Waals surface area contributed by atoms with Crippen molar-refractivity contribution in [2.75, 3.05) is 12.3 Å². The average Bonchev–Trinajstić information content (AvgIpc) is 2.73.